The van der Waals surface area contributed by atoms with Crippen molar-refractivity contribution in [2.75, 3.05) is 6.61 Å². The molecular weight excluding hydrogens is 271 g/mol. The molecule has 4 N–H and O–H groups in total. The van der Waals surface area contributed by atoms with Crippen LogP contribution in [0.2, 0.25) is 0 Å². The van der Waals surface area contributed by atoms with Crippen LogP contribution in [0.5, 0.6) is 0 Å². The highest BCUT2D eigenvalue weighted by molar-refractivity contribution is 7.50. The third kappa shape index (κ3) is 7.05. The van der Waals surface area contributed by atoms with Gasteiger partial charge in [0.15, 0.2) is 0 Å². The lowest BCUT2D eigenvalue weighted by atomic mass is 10.2. The van der Waals surface area contributed by atoms with E-state index in [0.717, 1.165) is 5.56 Å². The molecule has 0 spiro atoms. The minimum Gasteiger partial charge on any atom is -0.379 e. The molecule has 106 valence electrons. The number of nitrogens with one attached hydrogen (secondary N) is 1. The van der Waals surface area contributed by atoms with Crippen LogP contribution in [0.1, 0.15) is 12.5 Å². The summed E-state index contributed by atoms with van der Waals surface area (Å²) in [6.45, 7) is 1.78. The third-order valence-electron chi connectivity index (χ3n) is 2.17. The molecule has 0 aliphatic heterocycles. The Morgan fingerprint density at radius 1 is 1.47 bits per heavy atom. The molecule has 0 aromatic heterocycles. The molecule has 1 rings (SSSR count). The fourth-order valence-corrected chi connectivity index (χ4v) is 1.67. The van der Waals surface area contributed by atoms with Crippen LogP contribution in [0.4, 0.5) is 0 Å². The highest BCUT2D eigenvalue weighted by Gasteiger charge is 2.23. The topological polar surface area (TPSA) is 111 Å². The molecule has 0 fully saturated rings. The Kier molecular flexibility index (Phi) is 6.14. The maximum atomic E-state index is 11.2. The van der Waals surface area contributed by atoms with Gasteiger partial charge in [0.05, 0.1) is 6.61 Å². The van der Waals surface area contributed by atoms with E-state index in [9.17, 15) is 9.36 Å². The minimum atomic E-state index is -4.31. The summed E-state index contributed by atoms with van der Waals surface area (Å²) < 4.78 is 14.8. The van der Waals surface area contributed by atoms with Gasteiger partial charge in [-0.3, -0.25) is 0 Å². The van der Waals surface area contributed by atoms with E-state index in [1.165, 1.54) is 6.92 Å². The summed E-state index contributed by atoms with van der Waals surface area (Å²) in [5, 5.41) is 0. The summed E-state index contributed by atoms with van der Waals surface area (Å²) in [5.74, 6) is -0.951. The minimum absolute atomic E-state index is 0.348. The zero-order valence-corrected chi connectivity index (χ0v) is 11.4. The summed E-state index contributed by atoms with van der Waals surface area (Å²) in [6.07, 6.45) is 0.672. The van der Waals surface area contributed by atoms with Crippen LogP contribution in [0.25, 0.3) is 0 Å². The van der Waals surface area contributed by atoms with Crippen molar-refractivity contribution in [1.29, 1.82) is 0 Å². The van der Waals surface area contributed by atoms with Crippen molar-refractivity contribution >= 4 is 13.7 Å². The second-order valence-electron chi connectivity index (χ2n) is 3.90. The van der Waals surface area contributed by atoms with E-state index in [2.05, 4.69) is 10.0 Å². The Labute approximate surface area is 111 Å². The quantitative estimate of drug-likeness (QED) is 0.385. The monoisotopic (exact) mass is 288 g/mol. The molecule has 1 unspecified atom stereocenters. The second-order valence-corrected chi connectivity index (χ2v) is 5.21. The van der Waals surface area contributed by atoms with Crippen LogP contribution in [0.3, 0.4) is 0 Å². The molecule has 0 amide bonds. The van der Waals surface area contributed by atoms with Crippen molar-refractivity contribution < 1.29 is 23.6 Å². The van der Waals surface area contributed by atoms with Crippen molar-refractivity contribution in [3.8, 4) is 0 Å². The average molecular weight is 288 g/mol. The average Bonchev–Trinajstić information content (AvgIpc) is 2.33. The van der Waals surface area contributed by atoms with Crippen LogP contribution in [0, 0.1) is 0 Å². The normalized spacial score (nSPS) is 15.5. The summed E-state index contributed by atoms with van der Waals surface area (Å²) in [7, 11) is -4.31. The standard InChI is InChI=1S/C11H17N2O5P/c1-9(11(14)18-19(12,15)16)13-17-8-7-10-5-3-2-4-6-10/h2-6,9,13H,7-8H2,1H3,(H3,12,15,16)/t9-/m0/s1. The number of benzene rings is 1. The Balaban J connectivity index is 2.22. The largest absolute Gasteiger partial charge is 0.455 e. The lowest BCUT2D eigenvalue weighted by Gasteiger charge is -2.13. The van der Waals surface area contributed by atoms with Crippen LogP contribution in [-0.2, 0) is 25.1 Å². The summed E-state index contributed by atoms with van der Waals surface area (Å²) in [5.41, 5.74) is 8.22. The first-order valence-corrected chi connectivity index (χ1v) is 7.29. The number of rotatable bonds is 7. The lowest BCUT2D eigenvalue weighted by Crippen LogP contribution is -2.35. The summed E-state index contributed by atoms with van der Waals surface area (Å²) in [4.78, 5) is 25.0. The van der Waals surface area contributed by atoms with Gasteiger partial charge < -0.3 is 14.3 Å². The molecule has 0 heterocycles. The van der Waals surface area contributed by atoms with Crippen molar-refractivity contribution in [1.82, 2.24) is 5.48 Å². The number of carbonyl (C=O) groups is 1. The van der Waals surface area contributed by atoms with Gasteiger partial charge in [0.25, 0.3) is 0 Å². The number of nitrogens with two attached hydrogens (primary N) is 1. The van der Waals surface area contributed by atoms with Crippen LogP contribution < -0.4 is 11.0 Å². The van der Waals surface area contributed by atoms with Gasteiger partial charge in [-0.05, 0) is 18.9 Å². The smallest absolute Gasteiger partial charge is 0.379 e. The predicted molar refractivity (Wildman–Crippen MR) is 68.8 cm³/mol. The van der Waals surface area contributed by atoms with E-state index in [1.807, 2.05) is 30.3 Å². The molecule has 19 heavy (non-hydrogen) atoms. The Morgan fingerprint density at radius 2 is 2.11 bits per heavy atom. The van der Waals surface area contributed by atoms with E-state index in [0.29, 0.717) is 13.0 Å². The fraction of sp³-hybridized carbons (Fsp3) is 0.364. The molecule has 1 aromatic rings. The van der Waals surface area contributed by atoms with Gasteiger partial charge >= 0.3 is 13.7 Å². The maximum Gasteiger partial charge on any atom is 0.455 e. The molecule has 2 atom stereocenters. The lowest BCUT2D eigenvalue weighted by molar-refractivity contribution is -0.141. The third-order valence-corrected chi connectivity index (χ3v) is 2.61. The number of carbonyl (C=O) groups excluding carboxylic acids is 1. The zero-order chi connectivity index (χ0) is 14.3. The first-order chi connectivity index (χ1) is 8.88. The molecule has 0 aliphatic carbocycles. The first-order valence-electron chi connectivity index (χ1n) is 5.64. The molecular formula is C11H17N2O5P. The number of hydrogen-bond donors (Lipinski definition) is 3. The molecule has 0 saturated carbocycles. The predicted octanol–water partition coefficient (Wildman–Crippen LogP) is 0.741. The zero-order valence-electron chi connectivity index (χ0n) is 10.5. The SMILES string of the molecule is C[C@H](NOCCc1ccccc1)C(=O)OP(N)(=O)O. The fourth-order valence-electron chi connectivity index (χ4n) is 1.25. The molecule has 0 saturated heterocycles. The Morgan fingerprint density at radius 3 is 2.68 bits per heavy atom. The van der Waals surface area contributed by atoms with E-state index in [1.54, 1.807) is 0 Å². The van der Waals surface area contributed by atoms with Crippen LogP contribution >= 0.6 is 7.75 Å². The molecule has 0 aliphatic rings. The van der Waals surface area contributed by atoms with Gasteiger partial charge in [-0.1, -0.05) is 30.3 Å². The van der Waals surface area contributed by atoms with E-state index >= 15 is 0 Å². The van der Waals surface area contributed by atoms with E-state index in [4.69, 9.17) is 15.2 Å². The molecule has 8 heteroatoms. The van der Waals surface area contributed by atoms with E-state index in [-0.39, 0.29) is 0 Å². The molecule has 1 aromatic carbocycles. The summed E-state index contributed by atoms with van der Waals surface area (Å²) >= 11 is 0. The van der Waals surface area contributed by atoms with Gasteiger partial charge in [-0.15, -0.1) is 0 Å². The van der Waals surface area contributed by atoms with Gasteiger partial charge in [-0.25, -0.2) is 14.9 Å². The highest BCUT2D eigenvalue weighted by Crippen LogP contribution is 2.31. The van der Waals surface area contributed by atoms with Gasteiger partial charge in [0.1, 0.15) is 6.04 Å². The van der Waals surface area contributed by atoms with E-state index < -0.39 is 19.8 Å². The Hall–Kier alpha value is -1.24. The molecule has 0 radical (unpaired) electrons. The van der Waals surface area contributed by atoms with Gasteiger partial charge in [0.2, 0.25) is 0 Å². The maximum absolute atomic E-state index is 11.2. The second kappa shape index (κ2) is 7.37. The Bertz CT molecular complexity index is 448. The first kappa shape index (κ1) is 15.8. The molecule has 0 bridgehead atoms. The molecule has 7 nitrogen and oxygen atoms in total. The highest BCUT2D eigenvalue weighted by atomic mass is 31.2. The van der Waals surface area contributed by atoms with Crippen molar-refractivity contribution in [3.05, 3.63) is 35.9 Å². The van der Waals surface area contributed by atoms with Crippen LogP contribution in [-0.4, -0.2) is 23.5 Å². The summed E-state index contributed by atoms with van der Waals surface area (Å²) in [6, 6.07) is 8.78. The van der Waals surface area contributed by atoms with Crippen LogP contribution in [0.15, 0.2) is 30.3 Å². The van der Waals surface area contributed by atoms with Gasteiger partial charge in [0, 0.05) is 0 Å². The van der Waals surface area contributed by atoms with Crippen molar-refractivity contribution in [3.63, 3.8) is 0 Å². The van der Waals surface area contributed by atoms with Gasteiger partial charge in [-0.2, -0.15) is 5.48 Å². The number of hydrogen-bond acceptors (Lipinski definition) is 5. The van der Waals surface area contributed by atoms with Crippen molar-refractivity contribution in [2.24, 2.45) is 5.50 Å². The van der Waals surface area contributed by atoms with Crippen molar-refractivity contribution in [2.45, 2.75) is 19.4 Å². The number of hydroxylamine groups is 1.